The molecule has 0 aromatic heterocycles. The van der Waals surface area contributed by atoms with Gasteiger partial charge in [-0.15, -0.1) is 0 Å². The van der Waals surface area contributed by atoms with E-state index in [0.29, 0.717) is 45.3 Å². The topological polar surface area (TPSA) is 98.6 Å². The Bertz CT molecular complexity index is 1390. The number of ether oxygens (including phenoxy) is 3. The minimum absolute atomic E-state index is 0.0567. The van der Waals surface area contributed by atoms with Gasteiger partial charge >= 0.3 is 0 Å². The third-order valence-electron chi connectivity index (χ3n) is 6.14. The summed E-state index contributed by atoms with van der Waals surface area (Å²) in [6, 6.07) is 17.5. The molecule has 3 aromatic rings. The Labute approximate surface area is 202 Å². The molecular formula is C27H23N3O5. The third kappa shape index (κ3) is 3.93. The molecule has 1 unspecified atom stereocenters. The zero-order valence-electron chi connectivity index (χ0n) is 19.5. The molecular weight excluding hydrogens is 446 g/mol. The number of hydrogen-bond donors (Lipinski definition) is 1. The summed E-state index contributed by atoms with van der Waals surface area (Å²) in [6.07, 6.45) is 0.0567. The van der Waals surface area contributed by atoms with Crippen LogP contribution in [0.15, 0.2) is 76.5 Å². The second-order valence-electron chi connectivity index (χ2n) is 8.11. The molecule has 1 amide bonds. The van der Waals surface area contributed by atoms with E-state index in [1.54, 1.807) is 51.7 Å². The molecule has 8 heteroatoms. The maximum Gasteiger partial charge on any atom is 0.228 e. The Morgan fingerprint density at radius 3 is 2.40 bits per heavy atom. The van der Waals surface area contributed by atoms with Crippen LogP contribution in [0.4, 0.5) is 5.69 Å². The van der Waals surface area contributed by atoms with E-state index in [1.807, 2.05) is 30.3 Å². The van der Waals surface area contributed by atoms with Gasteiger partial charge in [-0.3, -0.25) is 9.59 Å². The highest BCUT2D eigenvalue weighted by Crippen LogP contribution is 2.49. The predicted octanol–water partition coefficient (Wildman–Crippen LogP) is 5.01. The molecule has 1 heterocycles. The summed E-state index contributed by atoms with van der Waals surface area (Å²) in [7, 11) is 4.71. The van der Waals surface area contributed by atoms with Crippen molar-refractivity contribution in [2.45, 2.75) is 12.5 Å². The van der Waals surface area contributed by atoms with Gasteiger partial charge in [-0.05, 0) is 54.1 Å². The number of benzene rings is 3. The van der Waals surface area contributed by atoms with Gasteiger partial charge in [0.2, 0.25) is 5.91 Å². The number of ketones is 1. The summed E-state index contributed by atoms with van der Waals surface area (Å²) in [4.78, 5) is 26.5. The molecule has 5 rings (SSSR count). The van der Waals surface area contributed by atoms with Crippen molar-refractivity contribution >= 4 is 23.1 Å². The highest BCUT2D eigenvalue weighted by Gasteiger charge is 2.42. The number of anilines is 1. The first-order valence-corrected chi connectivity index (χ1v) is 11.0. The SMILES string of the molecule is COc1ccc(C2=C3C(=O)c4c(NC(=O)Cc5cc(OC)ccc5OC)cccc4C3N=N2)cc1. The fourth-order valence-corrected chi connectivity index (χ4v) is 4.45. The van der Waals surface area contributed by atoms with Crippen LogP contribution >= 0.6 is 0 Å². The van der Waals surface area contributed by atoms with E-state index in [-0.39, 0.29) is 18.1 Å². The summed E-state index contributed by atoms with van der Waals surface area (Å²) in [6.45, 7) is 0. The highest BCUT2D eigenvalue weighted by molar-refractivity contribution is 6.22. The molecule has 0 saturated heterocycles. The molecule has 1 aliphatic carbocycles. The van der Waals surface area contributed by atoms with Crippen molar-refractivity contribution in [3.8, 4) is 17.2 Å². The molecule has 0 bridgehead atoms. The number of Topliss-reactive ketones (excluding diaryl/α,β-unsaturated/α-hetero) is 1. The summed E-state index contributed by atoms with van der Waals surface area (Å²) in [5.41, 5.74) is 4.14. The average Bonchev–Trinajstić information content (AvgIpc) is 3.44. The van der Waals surface area contributed by atoms with Crippen molar-refractivity contribution in [3.05, 3.63) is 88.5 Å². The molecule has 176 valence electrons. The number of carbonyl (C=O) groups excluding carboxylic acids is 2. The first-order valence-electron chi connectivity index (χ1n) is 11.0. The second kappa shape index (κ2) is 9.06. The van der Waals surface area contributed by atoms with E-state index in [2.05, 4.69) is 15.5 Å². The first-order chi connectivity index (χ1) is 17.0. The lowest BCUT2D eigenvalue weighted by Gasteiger charge is -2.12. The van der Waals surface area contributed by atoms with E-state index >= 15 is 0 Å². The van der Waals surface area contributed by atoms with E-state index in [1.165, 1.54) is 0 Å². The largest absolute Gasteiger partial charge is 0.497 e. The smallest absolute Gasteiger partial charge is 0.228 e. The number of carbonyl (C=O) groups is 2. The van der Waals surface area contributed by atoms with E-state index in [9.17, 15) is 9.59 Å². The van der Waals surface area contributed by atoms with Crippen molar-refractivity contribution in [2.75, 3.05) is 26.6 Å². The fourth-order valence-electron chi connectivity index (χ4n) is 4.45. The Kier molecular flexibility index (Phi) is 5.78. The van der Waals surface area contributed by atoms with Gasteiger partial charge in [0.1, 0.15) is 29.0 Å². The monoisotopic (exact) mass is 469 g/mol. The molecule has 0 fully saturated rings. The number of fused-ring (bicyclic) bond motifs is 3. The lowest BCUT2D eigenvalue weighted by atomic mass is 10.0. The lowest BCUT2D eigenvalue weighted by Crippen LogP contribution is -2.17. The number of nitrogens with one attached hydrogen (secondary N) is 1. The molecule has 0 spiro atoms. The van der Waals surface area contributed by atoms with Gasteiger partial charge in [0, 0.05) is 11.1 Å². The predicted molar refractivity (Wildman–Crippen MR) is 130 cm³/mol. The van der Waals surface area contributed by atoms with Gasteiger partial charge in [0.15, 0.2) is 5.78 Å². The molecule has 8 nitrogen and oxygen atoms in total. The number of nitrogens with zero attached hydrogens (tertiary/aromatic N) is 2. The maximum atomic E-state index is 13.5. The molecule has 35 heavy (non-hydrogen) atoms. The Morgan fingerprint density at radius 2 is 1.69 bits per heavy atom. The molecule has 1 N–H and O–H groups in total. The molecule has 0 radical (unpaired) electrons. The maximum absolute atomic E-state index is 13.5. The van der Waals surface area contributed by atoms with Crippen LogP contribution in [0.25, 0.3) is 5.70 Å². The highest BCUT2D eigenvalue weighted by atomic mass is 16.5. The number of amides is 1. The first kappa shape index (κ1) is 22.3. The van der Waals surface area contributed by atoms with Gasteiger partial charge < -0.3 is 19.5 Å². The van der Waals surface area contributed by atoms with E-state index in [0.717, 1.165) is 11.1 Å². The number of hydrogen-bond acceptors (Lipinski definition) is 7. The van der Waals surface area contributed by atoms with Gasteiger partial charge in [-0.2, -0.15) is 10.2 Å². The summed E-state index contributed by atoms with van der Waals surface area (Å²) >= 11 is 0. The van der Waals surface area contributed by atoms with Crippen LogP contribution in [-0.2, 0) is 11.2 Å². The quantitative estimate of drug-likeness (QED) is 0.525. The zero-order valence-corrected chi connectivity index (χ0v) is 19.5. The Balaban J connectivity index is 1.44. The van der Waals surface area contributed by atoms with Crippen LogP contribution in [0.5, 0.6) is 17.2 Å². The van der Waals surface area contributed by atoms with Crippen LogP contribution in [0, 0.1) is 0 Å². The summed E-state index contributed by atoms with van der Waals surface area (Å²) in [5, 5.41) is 11.6. The van der Waals surface area contributed by atoms with Crippen LogP contribution in [0.1, 0.15) is 33.1 Å². The van der Waals surface area contributed by atoms with Gasteiger partial charge in [-0.25, -0.2) is 0 Å². The van der Waals surface area contributed by atoms with Crippen molar-refractivity contribution in [2.24, 2.45) is 10.2 Å². The van der Waals surface area contributed by atoms with Crippen molar-refractivity contribution < 1.29 is 23.8 Å². The Hall–Kier alpha value is -4.46. The van der Waals surface area contributed by atoms with Crippen molar-refractivity contribution in [1.82, 2.24) is 0 Å². The van der Waals surface area contributed by atoms with Gasteiger partial charge in [0.05, 0.1) is 44.6 Å². The van der Waals surface area contributed by atoms with Crippen molar-refractivity contribution in [1.29, 1.82) is 0 Å². The zero-order chi connectivity index (χ0) is 24.5. The van der Waals surface area contributed by atoms with Gasteiger partial charge in [-0.1, -0.05) is 12.1 Å². The van der Waals surface area contributed by atoms with Crippen LogP contribution in [0.2, 0.25) is 0 Å². The fraction of sp³-hybridized carbons (Fsp3) is 0.185. The van der Waals surface area contributed by atoms with Crippen LogP contribution in [-0.4, -0.2) is 33.0 Å². The van der Waals surface area contributed by atoms with Crippen LogP contribution < -0.4 is 19.5 Å². The molecule has 1 aliphatic heterocycles. The number of methoxy groups -OCH3 is 3. The minimum Gasteiger partial charge on any atom is -0.497 e. The summed E-state index contributed by atoms with van der Waals surface area (Å²) in [5.74, 6) is 1.46. The Morgan fingerprint density at radius 1 is 0.943 bits per heavy atom. The standard InChI is InChI=1S/C27H23N3O5/c1-33-17-9-7-15(8-10-17)25-24-26(30-29-25)19-5-4-6-20(23(19)27(24)32)28-22(31)14-16-13-18(34-2)11-12-21(16)35-3/h4-13,26H,14H2,1-3H3,(H,28,31). The van der Waals surface area contributed by atoms with E-state index in [4.69, 9.17) is 14.2 Å². The normalized spacial score (nSPS) is 15.6. The molecule has 1 atom stereocenters. The van der Waals surface area contributed by atoms with Crippen LogP contribution in [0.3, 0.4) is 0 Å². The summed E-state index contributed by atoms with van der Waals surface area (Å²) < 4.78 is 15.9. The molecule has 2 aliphatic rings. The minimum atomic E-state index is -0.482. The van der Waals surface area contributed by atoms with Gasteiger partial charge in [0.25, 0.3) is 0 Å². The average molecular weight is 469 g/mol. The second-order valence-corrected chi connectivity index (χ2v) is 8.11. The van der Waals surface area contributed by atoms with E-state index < -0.39 is 6.04 Å². The number of azo groups is 1. The lowest BCUT2D eigenvalue weighted by molar-refractivity contribution is -0.115. The number of rotatable bonds is 7. The molecule has 0 saturated carbocycles. The third-order valence-corrected chi connectivity index (χ3v) is 6.14. The molecule has 3 aromatic carbocycles. The van der Waals surface area contributed by atoms with Crippen molar-refractivity contribution in [3.63, 3.8) is 0 Å².